The highest BCUT2D eigenvalue weighted by Crippen LogP contribution is 2.39. The number of aryl methyl sites for hydroxylation is 3. The van der Waals surface area contributed by atoms with Crippen molar-refractivity contribution in [1.29, 1.82) is 0 Å². The molecule has 3 aromatic heterocycles. The molecule has 2 N–H and O–H groups in total. The summed E-state index contributed by atoms with van der Waals surface area (Å²) in [5.41, 5.74) is 7.86. The molecule has 1 aliphatic carbocycles. The molecule has 1 saturated carbocycles. The minimum atomic E-state index is 0.0406. The summed E-state index contributed by atoms with van der Waals surface area (Å²) in [6.45, 7) is 6.13. The summed E-state index contributed by atoms with van der Waals surface area (Å²) in [5.74, 6) is 1.60. The zero-order valence-electron chi connectivity index (χ0n) is 20.2. The smallest absolute Gasteiger partial charge is 0.228 e. The van der Waals surface area contributed by atoms with Crippen LogP contribution in [0.25, 0.3) is 22.3 Å². The zero-order chi connectivity index (χ0) is 24.9. The Balaban J connectivity index is 1.56. The van der Waals surface area contributed by atoms with E-state index in [0.29, 0.717) is 12.2 Å². The van der Waals surface area contributed by atoms with Gasteiger partial charge in [0.15, 0.2) is 5.65 Å². The Kier molecular flexibility index (Phi) is 6.80. The SMILES string of the molecule is CSc1cc(-c2c(C)nn(C)c2C)ccc1Nc1cc(NC(=O)C2CC2)nc2c1nc(C)n2PI. The van der Waals surface area contributed by atoms with Crippen LogP contribution in [0.2, 0.25) is 0 Å². The standard InChI is InChI=1S/C24H27IN7OPS/c1-12-21(13(2)31(4)30-12)16-8-9-17(19(10-16)35-5)27-18-11-20(29-24(33)15-6-7-15)28-23-22(18)26-14(3)32(23)34-25/h8-11,15,34H,6-7H2,1-5H3,(H2,27,28,29,33). The molecule has 11 heteroatoms. The van der Waals surface area contributed by atoms with E-state index in [2.05, 4.69) is 73.5 Å². The molecule has 5 rings (SSSR count). The maximum atomic E-state index is 12.5. The number of carbonyl (C=O) groups excluding carboxylic acids is 1. The van der Waals surface area contributed by atoms with Gasteiger partial charge >= 0.3 is 0 Å². The van der Waals surface area contributed by atoms with E-state index in [1.807, 2.05) is 31.6 Å². The number of fused-ring (bicyclic) bond motifs is 1. The van der Waals surface area contributed by atoms with Gasteiger partial charge in [0.1, 0.15) is 17.2 Å². The van der Waals surface area contributed by atoms with Gasteiger partial charge in [0, 0.05) is 35.2 Å². The van der Waals surface area contributed by atoms with E-state index in [1.54, 1.807) is 11.8 Å². The predicted molar refractivity (Wildman–Crippen MR) is 155 cm³/mol. The number of hydrogen-bond acceptors (Lipinski definition) is 6. The number of benzene rings is 1. The molecule has 0 saturated heterocycles. The first-order valence-electron chi connectivity index (χ1n) is 11.3. The van der Waals surface area contributed by atoms with Gasteiger partial charge in [-0.15, -0.1) is 11.8 Å². The first-order valence-corrected chi connectivity index (χ1v) is 16.6. The molecule has 1 unspecified atom stereocenters. The molecule has 182 valence electrons. The first-order chi connectivity index (χ1) is 16.8. The summed E-state index contributed by atoms with van der Waals surface area (Å²) in [7, 11) is 1.98. The number of thioether (sulfide) groups is 1. The van der Waals surface area contributed by atoms with Gasteiger partial charge in [-0.05, 0) is 79.6 Å². The van der Waals surface area contributed by atoms with Crippen LogP contribution in [0.1, 0.15) is 30.1 Å². The summed E-state index contributed by atoms with van der Waals surface area (Å²) in [5, 5.41) is 11.2. The van der Waals surface area contributed by atoms with E-state index in [9.17, 15) is 4.79 Å². The van der Waals surface area contributed by atoms with E-state index in [-0.39, 0.29) is 11.8 Å². The summed E-state index contributed by atoms with van der Waals surface area (Å²) in [6.07, 6.45) is 4.43. The molecule has 3 heterocycles. The van der Waals surface area contributed by atoms with Crippen LogP contribution in [-0.2, 0) is 11.8 Å². The number of rotatable bonds is 7. The lowest BCUT2D eigenvalue weighted by Crippen LogP contribution is -2.14. The molecular weight excluding hydrogens is 592 g/mol. The fourth-order valence-electron chi connectivity index (χ4n) is 4.28. The summed E-state index contributed by atoms with van der Waals surface area (Å²) >= 11 is 4.02. The van der Waals surface area contributed by atoms with E-state index < -0.39 is 0 Å². The van der Waals surface area contributed by atoms with Crippen LogP contribution in [0.5, 0.6) is 0 Å². The Morgan fingerprint density at radius 1 is 1.17 bits per heavy atom. The van der Waals surface area contributed by atoms with Crippen molar-refractivity contribution in [3.63, 3.8) is 0 Å². The van der Waals surface area contributed by atoms with Gasteiger partial charge in [0.25, 0.3) is 0 Å². The minimum Gasteiger partial charge on any atom is -0.353 e. The van der Waals surface area contributed by atoms with Crippen molar-refractivity contribution in [1.82, 2.24) is 24.1 Å². The second kappa shape index (κ2) is 9.71. The Labute approximate surface area is 223 Å². The van der Waals surface area contributed by atoms with Crippen LogP contribution in [0.4, 0.5) is 17.2 Å². The van der Waals surface area contributed by atoms with Crippen molar-refractivity contribution in [2.75, 3.05) is 16.9 Å². The van der Waals surface area contributed by atoms with Crippen molar-refractivity contribution in [3.8, 4) is 11.1 Å². The normalized spacial score (nSPS) is 13.8. The molecule has 0 spiro atoms. The second-order valence-electron chi connectivity index (χ2n) is 8.78. The second-order valence-corrected chi connectivity index (χ2v) is 11.7. The quantitative estimate of drug-likeness (QED) is 0.142. The van der Waals surface area contributed by atoms with Crippen molar-refractivity contribution in [2.24, 2.45) is 13.0 Å². The van der Waals surface area contributed by atoms with Gasteiger partial charge in [-0.1, -0.05) is 6.07 Å². The van der Waals surface area contributed by atoms with Gasteiger partial charge < -0.3 is 10.6 Å². The number of hydrogen-bond donors (Lipinski definition) is 2. The molecular formula is C24H27IN7OPS. The number of pyridine rings is 1. The number of nitrogens with one attached hydrogen (secondary N) is 2. The molecule has 0 bridgehead atoms. The third-order valence-electron chi connectivity index (χ3n) is 6.34. The van der Waals surface area contributed by atoms with Gasteiger partial charge in [-0.3, -0.25) is 13.8 Å². The van der Waals surface area contributed by atoms with Crippen LogP contribution in [0.3, 0.4) is 0 Å². The Morgan fingerprint density at radius 3 is 2.57 bits per heavy atom. The highest BCUT2D eigenvalue weighted by molar-refractivity contribution is 14.2. The average molecular weight is 619 g/mol. The van der Waals surface area contributed by atoms with Gasteiger partial charge in [-0.25, -0.2) is 9.97 Å². The van der Waals surface area contributed by atoms with Crippen molar-refractivity contribution in [3.05, 3.63) is 41.5 Å². The molecule has 35 heavy (non-hydrogen) atoms. The molecule has 1 amide bonds. The van der Waals surface area contributed by atoms with Crippen LogP contribution < -0.4 is 10.6 Å². The molecule has 1 fully saturated rings. The van der Waals surface area contributed by atoms with E-state index in [0.717, 1.165) is 63.1 Å². The largest absolute Gasteiger partial charge is 0.353 e. The number of aromatic nitrogens is 5. The molecule has 1 aromatic carbocycles. The van der Waals surface area contributed by atoms with Crippen molar-refractivity contribution in [2.45, 2.75) is 38.5 Å². The topological polar surface area (TPSA) is 89.7 Å². The monoisotopic (exact) mass is 619 g/mol. The third kappa shape index (κ3) is 4.68. The molecule has 0 radical (unpaired) electrons. The molecule has 8 nitrogen and oxygen atoms in total. The fraction of sp³-hybridized carbons (Fsp3) is 0.333. The number of imidazole rings is 1. The lowest BCUT2D eigenvalue weighted by atomic mass is 10.0. The van der Waals surface area contributed by atoms with E-state index >= 15 is 0 Å². The summed E-state index contributed by atoms with van der Waals surface area (Å²) in [6, 6.07) is 8.33. The Bertz CT molecular complexity index is 1460. The number of anilines is 3. The van der Waals surface area contributed by atoms with Crippen LogP contribution in [0, 0.1) is 26.7 Å². The Morgan fingerprint density at radius 2 is 1.94 bits per heavy atom. The van der Waals surface area contributed by atoms with Crippen molar-refractivity contribution >= 4 is 74.4 Å². The molecule has 4 aromatic rings. The molecule has 1 atom stereocenters. The molecule has 1 aliphatic rings. The lowest BCUT2D eigenvalue weighted by molar-refractivity contribution is -0.117. The van der Waals surface area contributed by atoms with Gasteiger partial charge in [-0.2, -0.15) is 5.10 Å². The van der Waals surface area contributed by atoms with Gasteiger partial charge in [0.05, 0.1) is 23.4 Å². The number of nitrogens with zero attached hydrogens (tertiary/aromatic N) is 5. The van der Waals surface area contributed by atoms with Crippen molar-refractivity contribution < 1.29 is 4.79 Å². The van der Waals surface area contributed by atoms with E-state index in [1.165, 1.54) is 5.56 Å². The third-order valence-corrected chi connectivity index (χ3v) is 9.27. The highest BCUT2D eigenvalue weighted by atomic mass is 127. The Hall–Kier alpha value is -2.17. The summed E-state index contributed by atoms with van der Waals surface area (Å²) < 4.78 is 4.01. The molecule has 0 aliphatic heterocycles. The zero-order valence-corrected chi connectivity index (χ0v) is 24.2. The fourth-order valence-corrected chi connectivity index (χ4v) is 7.00. The lowest BCUT2D eigenvalue weighted by Gasteiger charge is -2.15. The first kappa shape index (κ1) is 24.5. The van der Waals surface area contributed by atoms with E-state index in [4.69, 9.17) is 9.97 Å². The predicted octanol–water partition coefficient (Wildman–Crippen LogP) is 6.36. The average Bonchev–Trinajstić information content (AvgIpc) is 3.58. The summed E-state index contributed by atoms with van der Waals surface area (Å²) in [4.78, 5) is 23.1. The minimum absolute atomic E-state index is 0.0406. The maximum Gasteiger partial charge on any atom is 0.228 e. The van der Waals surface area contributed by atoms with Gasteiger partial charge in [0.2, 0.25) is 5.91 Å². The van der Waals surface area contributed by atoms with Crippen LogP contribution in [-0.4, -0.2) is 36.2 Å². The number of carbonyl (C=O) groups is 1. The highest BCUT2D eigenvalue weighted by Gasteiger charge is 2.30. The van der Waals surface area contributed by atoms with Crippen LogP contribution >= 0.6 is 40.2 Å². The number of amides is 1. The van der Waals surface area contributed by atoms with Crippen LogP contribution in [0.15, 0.2) is 29.2 Å². The number of halogens is 1. The maximum absolute atomic E-state index is 12.5.